The molecule has 3 heterocycles. The Labute approximate surface area is 129 Å². The van der Waals surface area contributed by atoms with E-state index in [2.05, 4.69) is 33.6 Å². The van der Waals surface area contributed by atoms with E-state index < -0.39 is 0 Å². The van der Waals surface area contributed by atoms with Crippen LogP contribution in [0.15, 0.2) is 11.4 Å². The predicted molar refractivity (Wildman–Crippen MR) is 86.9 cm³/mol. The van der Waals surface area contributed by atoms with Gasteiger partial charge in [-0.3, -0.25) is 4.90 Å². The lowest BCUT2D eigenvalue weighted by Gasteiger charge is -2.23. The zero-order chi connectivity index (χ0) is 14.7. The van der Waals surface area contributed by atoms with Gasteiger partial charge in [0.15, 0.2) is 0 Å². The Morgan fingerprint density at radius 1 is 1.48 bits per heavy atom. The molecule has 1 unspecified atom stereocenters. The van der Waals surface area contributed by atoms with Crippen LogP contribution in [0.5, 0.6) is 0 Å². The van der Waals surface area contributed by atoms with Crippen LogP contribution in [0.3, 0.4) is 0 Å². The second-order valence-electron chi connectivity index (χ2n) is 5.34. The van der Waals surface area contributed by atoms with Gasteiger partial charge in [-0.25, -0.2) is 9.97 Å². The first kappa shape index (κ1) is 14.7. The molecule has 2 aromatic heterocycles. The summed E-state index contributed by atoms with van der Waals surface area (Å²) >= 11 is 1.66. The Morgan fingerprint density at radius 2 is 2.38 bits per heavy atom. The number of hydrogen-bond acceptors (Lipinski definition) is 6. The number of nitrogens with zero attached hydrogens (tertiary/aromatic N) is 3. The highest BCUT2D eigenvalue weighted by atomic mass is 32.1. The van der Waals surface area contributed by atoms with Crippen molar-refractivity contribution in [3.8, 4) is 0 Å². The van der Waals surface area contributed by atoms with Crippen molar-refractivity contribution >= 4 is 27.4 Å². The molecule has 0 aliphatic carbocycles. The van der Waals surface area contributed by atoms with Gasteiger partial charge >= 0.3 is 0 Å². The summed E-state index contributed by atoms with van der Waals surface area (Å²) in [6.07, 6.45) is 2.73. The first-order valence-electron chi connectivity index (χ1n) is 7.56. The monoisotopic (exact) mass is 306 g/mol. The Balaban J connectivity index is 1.75. The maximum atomic E-state index is 5.73. The van der Waals surface area contributed by atoms with Gasteiger partial charge in [0.1, 0.15) is 16.5 Å². The van der Waals surface area contributed by atoms with Gasteiger partial charge in [-0.05, 0) is 30.8 Å². The van der Waals surface area contributed by atoms with Gasteiger partial charge in [-0.2, -0.15) is 0 Å². The standard InChI is InChI=1S/C15H22N4OS/c1-3-19(9-11-5-4-7-20-11)10-13-17-14(16-2)12-6-8-21-15(12)18-13/h6,8,11H,3-5,7,9-10H2,1-2H3,(H,16,17,18). The Hall–Kier alpha value is -1.24. The summed E-state index contributed by atoms with van der Waals surface area (Å²) in [5.41, 5.74) is 0. The van der Waals surface area contributed by atoms with Gasteiger partial charge in [0.25, 0.3) is 0 Å². The molecule has 1 N–H and O–H groups in total. The van der Waals surface area contributed by atoms with Crippen molar-refractivity contribution in [1.29, 1.82) is 0 Å². The lowest BCUT2D eigenvalue weighted by Crippen LogP contribution is -2.32. The van der Waals surface area contributed by atoms with Crippen LogP contribution < -0.4 is 5.32 Å². The molecule has 0 aromatic carbocycles. The van der Waals surface area contributed by atoms with E-state index in [0.29, 0.717) is 6.10 Å². The Morgan fingerprint density at radius 3 is 3.10 bits per heavy atom. The van der Waals surface area contributed by atoms with Crippen molar-refractivity contribution in [1.82, 2.24) is 14.9 Å². The number of aromatic nitrogens is 2. The van der Waals surface area contributed by atoms with E-state index in [1.54, 1.807) is 11.3 Å². The number of rotatable bonds is 6. The highest BCUT2D eigenvalue weighted by Gasteiger charge is 2.19. The number of hydrogen-bond donors (Lipinski definition) is 1. The van der Waals surface area contributed by atoms with Crippen LogP contribution in [0.25, 0.3) is 10.2 Å². The topological polar surface area (TPSA) is 50.3 Å². The van der Waals surface area contributed by atoms with Crippen molar-refractivity contribution in [3.05, 3.63) is 17.3 Å². The fourth-order valence-electron chi connectivity index (χ4n) is 2.74. The molecule has 0 amide bonds. The largest absolute Gasteiger partial charge is 0.377 e. The smallest absolute Gasteiger partial charge is 0.146 e. The molecule has 21 heavy (non-hydrogen) atoms. The summed E-state index contributed by atoms with van der Waals surface area (Å²) in [6.45, 7) is 5.82. The van der Waals surface area contributed by atoms with Crippen LogP contribution >= 0.6 is 11.3 Å². The van der Waals surface area contributed by atoms with Crippen LogP contribution in [0, 0.1) is 0 Å². The average Bonchev–Trinajstić information content (AvgIpc) is 3.16. The summed E-state index contributed by atoms with van der Waals surface area (Å²) in [5, 5.41) is 6.34. The van der Waals surface area contributed by atoms with E-state index in [1.165, 1.54) is 12.8 Å². The zero-order valence-electron chi connectivity index (χ0n) is 12.6. The first-order valence-corrected chi connectivity index (χ1v) is 8.44. The molecule has 6 heteroatoms. The average molecular weight is 306 g/mol. The third-order valence-corrected chi connectivity index (χ3v) is 4.71. The van der Waals surface area contributed by atoms with Crippen molar-refractivity contribution in [2.24, 2.45) is 0 Å². The van der Waals surface area contributed by atoms with Gasteiger partial charge in [0.05, 0.1) is 18.0 Å². The number of nitrogens with one attached hydrogen (secondary N) is 1. The van der Waals surface area contributed by atoms with Crippen molar-refractivity contribution in [2.45, 2.75) is 32.4 Å². The molecule has 0 bridgehead atoms. The van der Waals surface area contributed by atoms with Gasteiger partial charge in [-0.1, -0.05) is 6.92 Å². The Bertz CT molecular complexity index is 594. The predicted octanol–water partition coefficient (Wildman–Crippen LogP) is 2.73. The van der Waals surface area contributed by atoms with E-state index >= 15 is 0 Å². The summed E-state index contributed by atoms with van der Waals surface area (Å²) < 4.78 is 5.73. The normalized spacial score (nSPS) is 18.7. The molecule has 1 aliphatic rings. The van der Waals surface area contributed by atoms with Crippen LogP contribution in [0.2, 0.25) is 0 Å². The van der Waals surface area contributed by atoms with Crippen molar-refractivity contribution in [2.75, 3.05) is 32.1 Å². The molecule has 1 atom stereocenters. The Kier molecular flexibility index (Phi) is 4.67. The molecule has 2 aromatic rings. The van der Waals surface area contributed by atoms with Gasteiger partial charge in [-0.15, -0.1) is 11.3 Å². The van der Waals surface area contributed by atoms with E-state index in [9.17, 15) is 0 Å². The minimum absolute atomic E-state index is 0.374. The summed E-state index contributed by atoms with van der Waals surface area (Å²) in [6, 6.07) is 2.07. The maximum absolute atomic E-state index is 5.73. The fraction of sp³-hybridized carbons (Fsp3) is 0.600. The van der Waals surface area contributed by atoms with E-state index in [-0.39, 0.29) is 0 Å². The number of ether oxygens (including phenoxy) is 1. The van der Waals surface area contributed by atoms with Gasteiger partial charge < -0.3 is 10.1 Å². The summed E-state index contributed by atoms with van der Waals surface area (Å²) in [7, 11) is 1.91. The number of likely N-dealkylation sites (N-methyl/N-ethyl adjacent to an activating group) is 1. The highest BCUT2D eigenvalue weighted by molar-refractivity contribution is 7.16. The molecule has 0 saturated carbocycles. The minimum Gasteiger partial charge on any atom is -0.377 e. The molecular formula is C15H22N4OS. The molecule has 1 fully saturated rings. The van der Waals surface area contributed by atoms with Crippen LogP contribution in [-0.4, -0.2) is 47.7 Å². The third kappa shape index (κ3) is 3.33. The van der Waals surface area contributed by atoms with Gasteiger partial charge in [0, 0.05) is 20.2 Å². The van der Waals surface area contributed by atoms with Crippen molar-refractivity contribution in [3.63, 3.8) is 0 Å². The molecule has 1 aliphatic heterocycles. The quantitative estimate of drug-likeness (QED) is 0.889. The zero-order valence-corrected chi connectivity index (χ0v) is 13.4. The number of fused-ring (bicyclic) bond motifs is 1. The lowest BCUT2D eigenvalue weighted by molar-refractivity contribution is 0.0717. The number of thiophene rings is 1. The number of anilines is 1. The van der Waals surface area contributed by atoms with E-state index in [1.807, 2.05) is 7.05 Å². The van der Waals surface area contributed by atoms with Crippen molar-refractivity contribution < 1.29 is 4.74 Å². The molecule has 5 nitrogen and oxygen atoms in total. The highest BCUT2D eigenvalue weighted by Crippen LogP contribution is 2.25. The third-order valence-electron chi connectivity index (χ3n) is 3.91. The van der Waals surface area contributed by atoms with E-state index in [4.69, 9.17) is 9.72 Å². The summed E-state index contributed by atoms with van der Waals surface area (Å²) in [5.74, 6) is 1.80. The lowest BCUT2D eigenvalue weighted by atomic mass is 10.2. The SMILES string of the molecule is CCN(Cc1nc(NC)c2ccsc2n1)CC1CCCO1. The molecule has 0 radical (unpaired) electrons. The maximum Gasteiger partial charge on any atom is 0.146 e. The fourth-order valence-corrected chi connectivity index (χ4v) is 3.53. The second kappa shape index (κ2) is 6.68. The first-order chi connectivity index (χ1) is 10.3. The summed E-state index contributed by atoms with van der Waals surface area (Å²) in [4.78, 5) is 12.8. The second-order valence-corrected chi connectivity index (χ2v) is 6.24. The molecule has 114 valence electrons. The molecular weight excluding hydrogens is 284 g/mol. The van der Waals surface area contributed by atoms with Crippen LogP contribution in [0.4, 0.5) is 5.82 Å². The van der Waals surface area contributed by atoms with Gasteiger partial charge in [0.2, 0.25) is 0 Å². The molecule has 1 saturated heterocycles. The molecule has 3 rings (SSSR count). The minimum atomic E-state index is 0.374. The van der Waals surface area contributed by atoms with E-state index in [0.717, 1.165) is 48.1 Å². The van der Waals surface area contributed by atoms with Crippen LogP contribution in [0.1, 0.15) is 25.6 Å². The van der Waals surface area contributed by atoms with Crippen LogP contribution in [-0.2, 0) is 11.3 Å². The molecule has 0 spiro atoms.